The van der Waals surface area contributed by atoms with Crippen molar-refractivity contribution in [2.75, 3.05) is 13.7 Å². The van der Waals surface area contributed by atoms with Crippen LogP contribution in [0.2, 0.25) is 0 Å². The van der Waals surface area contributed by atoms with Crippen LogP contribution in [0.5, 0.6) is 11.5 Å². The minimum atomic E-state index is -1.16. The molecule has 0 radical (unpaired) electrons. The van der Waals surface area contributed by atoms with E-state index in [0.29, 0.717) is 16.9 Å². The molecule has 3 aromatic rings. The Balaban J connectivity index is 1.68. The maximum Gasteiger partial charge on any atom is 0.351 e. The summed E-state index contributed by atoms with van der Waals surface area (Å²) >= 11 is 6.19. The van der Waals surface area contributed by atoms with Crippen LogP contribution in [0.15, 0.2) is 83.8 Å². The predicted octanol–water partition coefficient (Wildman–Crippen LogP) is 4.84. The number of ether oxygens (including phenoxy) is 3. The highest BCUT2D eigenvalue weighted by Gasteiger charge is 2.33. The Kier molecular flexibility index (Phi) is 8.77. The fourth-order valence-electron chi connectivity index (χ4n) is 3.60. The van der Waals surface area contributed by atoms with Gasteiger partial charge in [0, 0.05) is 5.56 Å². The monoisotopic (exact) mass is 549 g/mol. The average Bonchev–Trinajstić information content (AvgIpc) is 3.18. The lowest BCUT2D eigenvalue weighted by Crippen LogP contribution is -2.33. The van der Waals surface area contributed by atoms with Gasteiger partial charge >= 0.3 is 11.9 Å². The lowest BCUT2D eigenvalue weighted by molar-refractivity contribution is -0.149. The van der Waals surface area contributed by atoms with Crippen LogP contribution in [0.25, 0.3) is 6.08 Å². The highest BCUT2D eigenvalue weighted by atomic mass is 32.2. The third kappa shape index (κ3) is 6.58. The van der Waals surface area contributed by atoms with Crippen LogP contribution < -0.4 is 9.47 Å². The van der Waals surface area contributed by atoms with Gasteiger partial charge in [0.05, 0.1) is 12.0 Å². The van der Waals surface area contributed by atoms with Crippen LogP contribution in [0, 0.1) is 0 Å². The third-order valence-corrected chi connectivity index (χ3v) is 6.81. The van der Waals surface area contributed by atoms with Crippen molar-refractivity contribution < 1.29 is 33.7 Å². The number of carboxylic acids is 1. The molecular weight excluding hydrogens is 526 g/mol. The van der Waals surface area contributed by atoms with E-state index in [-0.39, 0.29) is 21.6 Å². The Hall–Kier alpha value is -4.15. The molecule has 194 valence electrons. The molecule has 1 aliphatic heterocycles. The maximum atomic E-state index is 12.7. The summed E-state index contributed by atoms with van der Waals surface area (Å²) in [5.41, 5.74) is 2.10. The molecule has 0 aliphatic carbocycles. The molecule has 3 aromatic carbocycles. The van der Waals surface area contributed by atoms with E-state index in [1.54, 1.807) is 48.5 Å². The SMILES string of the molecule is COC(=O)C(Oc1cc(C=C2SC(=S)N(CC(=O)O)C2=O)ccc1OCc1ccccc1)c1ccccc1. The molecule has 1 aliphatic rings. The first-order valence-corrected chi connectivity index (χ1v) is 12.7. The molecule has 1 N–H and O–H groups in total. The van der Waals surface area contributed by atoms with Crippen molar-refractivity contribution in [2.45, 2.75) is 12.7 Å². The summed E-state index contributed by atoms with van der Waals surface area (Å²) < 4.78 is 17.3. The Morgan fingerprint density at radius 1 is 1.03 bits per heavy atom. The van der Waals surface area contributed by atoms with E-state index < -0.39 is 30.5 Å². The number of carboxylic acid groups (broad SMARTS) is 1. The minimum absolute atomic E-state index is 0.165. The molecule has 1 saturated heterocycles. The Bertz CT molecular complexity index is 1380. The normalized spacial score (nSPS) is 14.9. The Labute approximate surface area is 228 Å². The largest absolute Gasteiger partial charge is 0.485 e. The highest BCUT2D eigenvalue weighted by molar-refractivity contribution is 8.26. The number of nitrogens with zero attached hydrogens (tertiary/aromatic N) is 1. The number of carbonyl (C=O) groups excluding carboxylic acids is 2. The zero-order valence-corrected chi connectivity index (χ0v) is 21.9. The fourth-order valence-corrected chi connectivity index (χ4v) is 4.85. The summed E-state index contributed by atoms with van der Waals surface area (Å²) in [5, 5.41) is 9.08. The first-order chi connectivity index (χ1) is 18.4. The quantitative estimate of drug-likeness (QED) is 0.216. The van der Waals surface area contributed by atoms with Crippen LogP contribution in [0.1, 0.15) is 22.8 Å². The van der Waals surface area contributed by atoms with Gasteiger partial charge in [0.25, 0.3) is 5.91 Å². The maximum absolute atomic E-state index is 12.7. The Morgan fingerprint density at radius 3 is 2.37 bits per heavy atom. The van der Waals surface area contributed by atoms with Gasteiger partial charge < -0.3 is 19.3 Å². The van der Waals surface area contributed by atoms with E-state index in [9.17, 15) is 14.4 Å². The zero-order chi connectivity index (χ0) is 27.1. The van der Waals surface area contributed by atoms with Crippen molar-refractivity contribution in [3.63, 3.8) is 0 Å². The first kappa shape index (κ1) is 26.9. The minimum Gasteiger partial charge on any atom is -0.485 e. The second-order valence-electron chi connectivity index (χ2n) is 8.07. The predicted molar refractivity (Wildman–Crippen MR) is 147 cm³/mol. The topological polar surface area (TPSA) is 102 Å². The molecule has 0 saturated carbocycles. The number of benzene rings is 3. The van der Waals surface area contributed by atoms with Crippen molar-refractivity contribution in [3.05, 3.63) is 100 Å². The number of thiocarbonyl (C=S) groups is 1. The van der Waals surface area contributed by atoms with Crippen molar-refractivity contribution in [1.82, 2.24) is 4.90 Å². The van der Waals surface area contributed by atoms with Crippen LogP contribution in [-0.4, -0.2) is 45.8 Å². The lowest BCUT2D eigenvalue weighted by atomic mass is 10.1. The van der Waals surface area contributed by atoms with Gasteiger partial charge in [-0.15, -0.1) is 0 Å². The van der Waals surface area contributed by atoms with Crippen LogP contribution in [0.3, 0.4) is 0 Å². The van der Waals surface area contributed by atoms with E-state index in [1.807, 2.05) is 36.4 Å². The smallest absolute Gasteiger partial charge is 0.351 e. The molecule has 38 heavy (non-hydrogen) atoms. The number of carbonyl (C=O) groups is 3. The highest BCUT2D eigenvalue weighted by Crippen LogP contribution is 2.37. The van der Waals surface area contributed by atoms with Crippen molar-refractivity contribution in [2.24, 2.45) is 0 Å². The standard InChI is InChI=1S/C28H23NO7S2/c1-34-27(33)25(20-10-6-3-7-11-20)36-22-14-19(12-13-21(22)35-17-18-8-4-2-5-9-18)15-23-26(32)29(16-24(30)31)28(37)38-23/h2-15,25H,16-17H2,1H3,(H,30,31). The molecule has 1 heterocycles. The molecule has 10 heteroatoms. The third-order valence-electron chi connectivity index (χ3n) is 5.43. The summed E-state index contributed by atoms with van der Waals surface area (Å²) in [4.78, 5) is 37.8. The number of methoxy groups -OCH3 is 1. The van der Waals surface area contributed by atoms with Gasteiger partial charge in [-0.1, -0.05) is 90.7 Å². The number of thioether (sulfide) groups is 1. The van der Waals surface area contributed by atoms with Crippen LogP contribution in [0.4, 0.5) is 0 Å². The molecule has 0 bridgehead atoms. The Morgan fingerprint density at radius 2 is 1.71 bits per heavy atom. The lowest BCUT2D eigenvalue weighted by Gasteiger charge is -2.20. The molecule has 1 unspecified atom stereocenters. The van der Waals surface area contributed by atoms with Gasteiger partial charge in [0.2, 0.25) is 6.10 Å². The van der Waals surface area contributed by atoms with Crippen LogP contribution in [-0.2, 0) is 25.7 Å². The van der Waals surface area contributed by atoms with Crippen molar-refractivity contribution in [3.8, 4) is 11.5 Å². The van der Waals surface area contributed by atoms with E-state index >= 15 is 0 Å². The summed E-state index contributed by atoms with van der Waals surface area (Å²) in [5.74, 6) is -1.60. The number of rotatable bonds is 10. The number of hydrogen-bond acceptors (Lipinski definition) is 8. The van der Waals surface area contributed by atoms with Gasteiger partial charge in [-0.05, 0) is 29.3 Å². The molecule has 1 atom stereocenters. The number of hydrogen-bond donors (Lipinski definition) is 1. The summed E-state index contributed by atoms with van der Waals surface area (Å²) in [6, 6.07) is 23.5. The molecule has 8 nitrogen and oxygen atoms in total. The average molecular weight is 550 g/mol. The van der Waals surface area contributed by atoms with E-state index in [2.05, 4.69) is 0 Å². The van der Waals surface area contributed by atoms with E-state index in [1.165, 1.54) is 7.11 Å². The van der Waals surface area contributed by atoms with Gasteiger partial charge in [0.15, 0.2) is 11.5 Å². The summed E-state index contributed by atoms with van der Waals surface area (Å²) in [7, 11) is 1.28. The van der Waals surface area contributed by atoms with Gasteiger partial charge in [-0.25, -0.2) is 4.79 Å². The molecular formula is C28H23NO7S2. The van der Waals surface area contributed by atoms with E-state index in [4.69, 9.17) is 31.5 Å². The zero-order valence-electron chi connectivity index (χ0n) is 20.2. The number of aliphatic carboxylic acids is 1. The van der Waals surface area contributed by atoms with Gasteiger partial charge in [0.1, 0.15) is 17.5 Å². The molecule has 0 aromatic heterocycles. The number of amides is 1. The second kappa shape index (κ2) is 12.4. The van der Waals surface area contributed by atoms with E-state index in [0.717, 1.165) is 22.2 Å². The fraction of sp³-hybridized carbons (Fsp3) is 0.143. The molecule has 1 amide bonds. The molecule has 1 fully saturated rings. The van der Waals surface area contributed by atoms with Crippen molar-refractivity contribution in [1.29, 1.82) is 0 Å². The van der Waals surface area contributed by atoms with Crippen molar-refractivity contribution >= 4 is 52.2 Å². The van der Waals surface area contributed by atoms with Gasteiger partial charge in [-0.2, -0.15) is 0 Å². The second-order valence-corrected chi connectivity index (χ2v) is 9.75. The molecule has 0 spiro atoms. The number of esters is 1. The van der Waals surface area contributed by atoms with Crippen LogP contribution >= 0.6 is 24.0 Å². The molecule has 4 rings (SSSR count). The van der Waals surface area contributed by atoms with Gasteiger partial charge in [-0.3, -0.25) is 14.5 Å². The summed E-state index contributed by atoms with van der Waals surface area (Å²) in [6.45, 7) is -0.251. The first-order valence-electron chi connectivity index (χ1n) is 11.4. The summed E-state index contributed by atoms with van der Waals surface area (Å²) in [6.07, 6.45) is 0.522.